The van der Waals surface area contributed by atoms with Crippen LogP contribution in [0.3, 0.4) is 0 Å². The van der Waals surface area contributed by atoms with Crippen molar-refractivity contribution in [2.75, 3.05) is 0 Å². The zero-order valence-corrected chi connectivity index (χ0v) is 14.1. The lowest BCUT2D eigenvalue weighted by molar-refractivity contribution is -0.384. The molecule has 0 atom stereocenters. The van der Waals surface area contributed by atoms with Crippen LogP contribution in [0.5, 0.6) is 0 Å². The molecule has 0 heterocycles. The fourth-order valence-electron chi connectivity index (χ4n) is 3.16. The first-order valence-electron chi connectivity index (χ1n) is 8.29. The van der Waals surface area contributed by atoms with Gasteiger partial charge in [-0.15, -0.1) is 0 Å². The highest BCUT2D eigenvalue weighted by molar-refractivity contribution is 6.28. The number of nitrogens with zero attached hydrogens (tertiary/aromatic N) is 1. The molecule has 1 aliphatic rings. The minimum Gasteiger partial charge on any atom is -0.289 e. The van der Waals surface area contributed by atoms with E-state index in [0.29, 0.717) is 27.8 Å². The molecule has 0 aliphatic heterocycles. The highest BCUT2D eigenvalue weighted by Gasteiger charge is 2.29. The molecule has 0 bridgehead atoms. The van der Waals surface area contributed by atoms with E-state index in [1.807, 2.05) is 0 Å². The van der Waals surface area contributed by atoms with Crippen molar-refractivity contribution in [2.24, 2.45) is 0 Å². The topological polar surface area (TPSA) is 77.3 Å². The molecule has 0 N–H and O–H groups in total. The van der Waals surface area contributed by atoms with Crippen molar-refractivity contribution in [1.29, 1.82) is 0 Å². The molecule has 5 heteroatoms. The summed E-state index contributed by atoms with van der Waals surface area (Å²) in [5, 5.41) is 10.9. The van der Waals surface area contributed by atoms with Gasteiger partial charge in [0.05, 0.1) is 4.92 Å². The van der Waals surface area contributed by atoms with Crippen molar-refractivity contribution < 1.29 is 14.5 Å². The van der Waals surface area contributed by atoms with Crippen LogP contribution in [0.4, 0.5) is 5.69 Å². The summed E-state index contributed by atoms with van der Waals surface area (Å²) in [5.41, 5.74) is 3.03. The van der Waals surface area contributed by atoms with E-state index in [-0.39, 0.29) is 17.3 Å². The fourth-order valence-corrected chi connectivity index (χ4v) is 3.16. The number of rotatable bonds is 3. The minimum atomic E-state index is -0.446. The van der Waals surface area contributed by atoms with Gasteiger partial charge in [0.15, 0.2) is 11.6 Å². The van der Waals surface area contributed by atoms with Crippen LogP contribution in [-0.2, 0) is 0 Å². The molecule has 130 valence electrons. The van der Waals surface area contributed by atoms with Gasteiger partial charge in [-0.1, -0.05) is 54.6 Å². The van der Waals surface area contributed by atoms with Crippen LogP contribution in [-0.4, -0.2) is 16.5 Å². The molecule has 3 aromatic carbocycles. The maximum absolute atomic E-state index is 12.7. The summed E-state index contributed by atoms with van der Waals surface area (Å²) < 4.78 is 0. The molecule has 0 saturated carbocycles. The van der Waals surface area contributed by atoms with Crippen LogP contribution >= 0.6 is 0 Å². The van der Waals surface area contributed by atoms with Crippen LogP contribution in [0, 0.1) is 10.1 Å². The number of non-ortho nitro benzene ring substituents is 1. The van der Waals surface area contributed by atoms with Crippen LogP contribution in [0.15, 0.2) is 66.7 Å². The third-order valence-electron chi connectivity index (χ3n) is 4.50. The Balaban J connectivity index is 1.70. The molecule has 0 amide bonds. The maximum atomic E-state index is 12.7. The normalized spacial score (nSPS) is 12.7. The van der Waals surface area contributed by atoms with Gasteiger partial charge in [0.2, 0.25) is 0 Å². The molecule has 3 aromatic rings. The Bertz CT molecular complexity index is 1140. The summed E-state index contributed by atoms with van der Waals surface area (Å²) in [6.45, 7) is 0. The quantitative estimate of drug-likeness (QED) is 0.307. The lowest BCUT2D eigenvalue weighted by atomic mass is 9.83. The molecular formula is C22H13NO4. The molecule has 4 rings (SSSR count). The van der Waals surface area contributed by atoms with E-state index in [4.69, 9.17) is 0 Å². The van der Waals surface area contributed by atoms with Gasteiger partial charge in [0.25, 0.3) is 5.69 Å². The number of carbonyl (C=O) groups excluding carboxylic acids is 2. The summed E-state index contributed by atoms with van der Waals surface area (Å²) in [4.78, 5) is 35.8. The third kappa shape index (κ3) is 2.95. The van der Waals surface area contributed by atoms with Gasteiger partial charge in [0, 0.05) is 34.4 Å². The highest BCUT2D eigenvalue weighted by atomic mass is 16.6. The highest BCUT2D eigenvalue weighted by Crippen LogP contribution is 2.28. The number of nitro groups is 1. The van der Waals surface area contributed by atoms with Crippen molar-refractivity contribution in [3.63, 3.8) is 0 Å². The number of benzene rings is 3. The molecule has 27 heavy (non-hydrogen) atoms. The second-order valence-electron chi connectivity index (χ2n) is 6.19. The van der Waals surface area contributed by atoms with E-state index < -0.39 is 4.92 Å². The summed E-state index contributed by atoms with van der Waals surface area (Å²) in [7, 11) is 0. The molecule has 1 aliphatic carbocycles. The lowest BCUT2D eigenvalue weighted by Crippen LogP contribution is -2.20. The van der Waals surface area contributed by atoms with Gasteiger partial charge >= 0.3 is 0 Å². The Hall–Kier alpha value is -3.86. The van der Waals surface area contributed by atoms with E-state index in [2.05, 4.69) is 0 Å². The van der Waals surface area contributed by atoms with Gasteiger partial charge in [-0.3, -0.25) is 19.7 Å². The van der Waals surface area contributed by atoms with Gasteiger partial charge in [-0.05, 0) is 23.3 Å². The second-order valence-corrected chi connectivity index (χ2v) is 6.19. The van der Waals surface area contributed by atoms with E-state index in [0.717, 1.165) is 5.56 Å². The zero-order chi connectivity index (χ0) is 19.0. The summed E-state index contributed by atoms with van der Waals surface area (Å²) in [5.74, 6) is -0.333. The van der Waals surface area contributed by atoms with Gasteiger partial charge in [-0.25, -0.2) is 0 Å². The molecular weight excluding hydrogens is 342 g/mol. The second kappa shape index (κ2) is 6.46. The first-order valence-corrected chi connectivity index (χ1v) is 8.29. The molecule has 0 spiro atoms. The SMILES string of the molecule is O=C1c2ccccc2C(=O)c2cc(/C=C/c3cccc([N+](=O)[O-])c3)ccc21. The molecule has 0 saturated heterocycles. The fraction of sp³-hybridized carbons (Fsp3) is 0. The first-order chi connectivity index (χ1) is 13.0. The molecule has 0 unspecified atom stereocenters. The van der Waals surface area contributed by atoms with E-state index in [1.165, 1.54) is 12.1 Å². The summed E-state index contributed by atoms with van der Waals surface area (Å²) in [6.07, 6.45) is 3.50. The zero-order valence-electron chi connectivity index (χ0n) is 14.1. The van der Waals surface area contributed by atoms with Crippen molar-refractivity contribution in [3.8, 4) is 0 Å². The standard InChI is InChI=1S/C22H13NO4/c24-21-17-6-1-2-7-18(17)22(25)20-13-15(10-11-19(20)21)9-8-14-4-3-5-16(12-14)23(26)27/h1-13H/b9-8+. The number of carbonyl (C=O) groups is 2. The Morgan fingerprint density at radius 1 is 0.667 bits per heavy atom. The molecule has 5 nitrogen and oxygen atoms in total. The van der Waals surface area contributed by atoms with Gasteiger partial charge in [0.1, 0.15) is 0 Å². The van der Waals surface area contributed by atoms with Crippen molar-refractivity contribution in [3.05, 3.63) is 110 Å². The van der Waals surface area contributed by atoms with Crippen molar-refractivity contribution in [1.82, 2.24) is 0 Å². The predicted molar refractivity (Wildman–Crippen MR) is 102 cm³/mol. The summed E-state index contributed by atoms with van der Waals surface area (Å²) >= 11 is 0. The largest absolute Gasteiger partial charge is 0.289 e. The Labute approximate surface area is 154 Å². The Morgan fingerprint density at radius 2 is 1.26 bits per heavy atom. The average molecular weight is 355 g/mol. The van der Waals surface area contributed by atoms with Crippen LogP contribution in [0.25, 0.3) is 12.2 Å². The third-order valence-corrected chi connectivity index (χ3v) is 4.50. The van der Waals surface area contributed by atoms with E-state index in [9.17, 15) is 19.7 Å². The van der Waals surface area contributed by atoms with Gasteiger partial charge in [-0.2, -0.15) is 0 Å². The number of fused-ring (bicyclic) bond motifs is 2. The van der Waals surface area contributed by atoms with Gasteiger partial charge < -0.3 is 0 Å². The maximum Gasteiger partial charge on any atom is 0.270 e. The summed E-state index contributed by atoms with van der Waals surface area (Å²) in [6, 6.07) is 18.2. The smallest absolute Gasteiger partial charge is 0.270 e. The number of ketones is 2. The number of hydrogen-bond donors (Lipinski definition) is 0. The first kappa shape index (κ1) is 16.6. The van der Waals surface area contributed by atoms with Crippen LogP contribution in [0.1, 0.15) is 43.0 Å². The van der Waals surface area contributed by atoms with Crippen LogP contribution < -0.4 is 0 Å². The monoisotopic (exact) mass is 355 g/mol. The number of hydrogen-bond acceptors (Lipinski definition) is 4. The Morgan fingerprint density at radius 3 is 1.93 bits per heavy atom. The van der Waals surface area contributed by atoms with E-state index in [1.54, 1.807) is 66.7 Å². The van der Waals surface area contributed by atoms with Crippen molar-refractivity contribution in [2.45, 2.75) is 0 Å². The Kier molecular flexibility index (Phi) is 3.97. The van der Waals surface area contributed by atoms with Crippen molar-refractivity contribution >= 4 is 29.4 Å². The molecule has 0 radical (unpaired) electrons. The van der Waals surface area contributed by atoms with E-state index >= 15 is 0 Å². The van der Waals surface area contributed by atoms with Crippen LogP contribution in [0.2, 0.25) is 0 Å². The minimum absolute atomic E-state index is 0.0139. The molecule has 0 fully saturated rings. The number of nitro benzene ring substituents is 1. The average Bonchev–Trinajstić information content (AvgIpc) is 2.70. The lowest BCUT2D eigenvalue weighted by Gasteiger charge is -2.17. The predicted octanol–water partition coefficient (Wildman–Crippen LogP) is 4.54. The molecule has 0 aromatic heterocycles.